The Morgan fingerprint density at radius 1 is 1.13 bits per heavy atom. The van der Waals surface area contributed by atoms with E-state index in [1.807, 2.05) is 0 Å². The average Bonchev–Trinajstić information content (AvgIpc) is 1.94. The summed E-state index contributed by atoms with van der Waals surface area (Å²) in [5, 5.41) is 0. The van der Waals surface area contributed by atoms with Gasteiger partial charge in [-0.15, -0.1) is 0 Å². The van der Waals surface area contributed by atoms with Crippen LogP contribution < -0.4 is 5.73 Å². The van der Waals surface area contributed by atoms with E-state index in [1.165, 1.54) is 6.54 Å². The SMILES string of the molecule is CC(C)CN1C(C)(C)CC(N)CC1(C)C. The van der Waals surface area contributed by atoms with Crippen LogP contribution in [-0.4, -0.2) is 28.6 Å². The minimum atomic E-state index is 0.242. The van der Waals surface area contributed by atoms with Crippen LogP contribution in [0.2, 0.25) is 0 Å². The zero-order valence-corrected chi connectivity index (χ0v) is 11.3. The van der Waals surface area contributed by atoms with E-state index in [2.05, 4.69) is 46.4 Å². The number of hydrogen-bond donors (Lipinski definition) is 1. The lowest BCUT2D eigenvalue weighted by atomic mass is 9.77. The van der Waals surface area contributed by atoms with Gasteiger partial charge in [-0.2, -0.15) is 0 Å². The molecule has 2 heteroatoms. The summed E-state index contributed by atoms with van der Waals surface area (Å²) in [6.45, 7) is 15.1. The second-order valence-electron chi connectivity index (χ2n) is 6.80. The van der Waals surface area contributed by atoms with Crippen LogP contribution in [-0.2, 0) is 0 Å². The predicted molar refractivity (Wildman–Crippen MR) is 66.9 cm³/mol. The predicted octanol–water partition coefficient (Wildman–Crippen LogP) is 2.62. The number of hydrogen-bond acceptors (Lipinski definition) is 2. The van der Waals surface area contributed by atoms with Crippen molar-refractivity contribution in [2.24, 2.45) is 11.7 Å². The van der Waals surface area contributed by atoms with Gasteiger partial charge in [0.05, 0.1) is 0 Å². The number of likely N-dealkylation sites (tertiary alicyclic amines) is 1. The maximum atomic E-state index is 6.15. The molecule has 0 atom stereocenters. The fourth-order valence-electron chi connectivity index (χ4n) is 3.25. The molecule has 2 nitrogen and oxygen atoms in total. The first-order valence-electron chi connectivity index (χ1n) is 6.18. The fraction of sp³-hybridized carbons (Fsp3) is 1.00. The summed E-state index contributed by atoms with van der Waals surface area (Å²) in [4.78, 5) is 2.65. The van der Waals surface area contributed by atoms with Crippen molar-refractivity contribution < 1.29 is 0 Å². The zero-order chi connectivity index (χ0) is 11.9. The van der Waals surface area contributed by atoms with E-state index in [-0.39, 0.29) is 11.1 Å². The Kier molecular flexibility index (Phi) is 3.52. The second kappa shape index (κ2) is 4.06. The van der Waals surface area contributed by atoms with Gasteiger partial charge in [-0.25, -0.2) is 0 Å². The Labute approximate surface area is 95.2 Å². The van der Waals surface area contributed by atoms with Crippen molar-refractivity contribution in [3.63, 3.8) is 0 Å². The summed E-state index contributed by atoms with van der Waals surface area (Å²) in [5.41, 5.74) is 6.64. The smallest absolute Gasteiger partial charge is 0.0173 e. The molecule has 0 radical (unpaired) electrons. The molecule has 1 rings (SSSR count). The molecule has 0 spiro atoms. The molecule has 15 heavy (non-hydrogen) atoms. The van der Waals surface area contributed by atoms with Gasteiger partial charge in [-0.1, -0.05) is 13.8 Å². The number of rotatable bonds is 2. The molecule has 2 N–H and O–H groups in total. The van der Waals surface area contributed by atoms with Gasteiger partial charge in [0.1, 0.15) is 0 Å². The lowest BCUT2D eigenvalue weighted by Gasteiger charge is -2.55. The Morgan fingerprint density at radius 3 is 1.87 bits per heavy atom. The molecule has 0 saturated carbocycles. The standard InChI is InChI=1S/C13H28N2/c1-10(2)9-15-12(3,4)7-11(14)8-13(15,5)6/h10-11H,7-9,14H2,1-6H3. The highest BCUT2D eigenvalue weighted by Gasteiger charge is 2.43. The van der Waals surface area contributed by atoms with Crippen molar-refractivity contribution in [2.45, 2.75) is 71.5 Å². The third-order valence-corrected chi connectivity index (χ3v) is 3.53. The molecule has 0 aromatic carbocycles. The molecule has 1 aliphatic heterocycles. The van der Waals surface area contributed by atoms with Crippen LogP contribution in [0.5, 0.6) is 0 Å². The van der Waals surface area contributed by atoms with Crippen LogP contribution in [0.15, 0.2) is 0 Å². The molecule has 1 aliphatic rings. The van der Waals surface area contributed by atoms with Crippen molar-refractivity contribution in [2.75, 3.05) is 6.54 Å². The molecule has 1 fully saturated rings. The summed E-state index contributed by atoms with van der Waals surface area (Å²) >= 11 is 0. The molecule has 1 saturated heterocycles. The van der Waals surface area contributed by atoms with Crippen molar-refractivity contribution in [3.05, 3.63) is 0 Å². The largest absolute Gasteiger partial charge is 0.328 e. The third-order valence-electron chi connectivity index (χ3n) is 3.53. The van der Waals surface area contributed by atoms with E-state index in [0.29, 0.717) is 6.04 Å². The average molecular weight is 212 g/mol. The fourth-order valence-corrected chi connectivity index (χ4v) is 3.25. The molecule has 1 heterocycles. The van der Waals surface area contributed by atoms with Crippen molar-refractivity contribution in [3.8, 4) is 0 Å². The van der Waals surface area contributed by atoms with Crippen LogP contribution in [0.4, 0.5) is 0 Å². The highest BCUT2D eigenvalue weighted by Crippen LogP contribution is 2.38. The van der Waals surface area contributed by atoms with Crippen LogP contribution >= 0.6 is 0 Å². The minimum absolute atomic E-state index is 0.242. The van der Waals surface area contributed by atoms with E-state index >= 15 is 0 Å². The van der Waals surface area contributed by atoms with Crippen LogP contribution in [0.1, 0.15) is 54.4 Å². The summed E-state index contributed by atoms with van der Waals surface area (Å²) in [6, 6.07) is 0.360. The van der Waals surface area contributed by atoms with Gasteiger partial charge >= 0.3 is 0 Å². The van der Waals surface area contributed by atoms with Crippen LogP contribution in [0.25, 0.3) is 0 Å². The molecule has 90 valence electrons. The summed E-state index contributed by atoms with van der Waals surface area (Å²) < 4.78 is 0. The quantitative estimate of drug-likeness (QED) is 0.762. The van der Waals surface area contributed by atoms with Gasteiger partial charge in [-0.05, 0) is 46.5 Å². The summed E-state index contributed by atoms with van der Waals surface area (Å²) in [5.74, 6) is 0.720. The summed E-state index contributed by atoms with van der Waals surface area (Å²) in [7, 11) is 0. The van der Waals surface area contributed by atoms with Crippen molar-refractivity contribution in [1.82, 2.24) is 4.90 Å². The maximum Gasteiger partial charge on any atom is 0.0173 e. The van der Waals surface area contributed by atoms with Crippen LogP contribution in [0.3, 0.4) is 0 Å². The normalized spacial score (nSPS) is 27.2. The zero-order valence-electron chi connectivity index (χ0n) is 11.3. The Hall–Kier alpha value is -0.0800. The van der Waals surface area contributed by atoms with Gasteiger partial charge < -0.3 is 5.73 Å². The first-order chi connectivity index (χ1) is 6.65. The third kappa shape index (κ3) is 2.94. The van der Waals surface area contributed by atoms with Gasteiger partial charge in [-0.3, -0.25) is 4.90 Å². The van der Waals surface area contributed by atoms with Gasteiger partial charge in [0.25, 0.3) is 0 Å². The second-order valence-corrected chi connectivity index (χ2v) is 6.80. The molecular formula is C13H28N2. The van der Waals surface area contributed by atoms with Gasteiger partial charge in [0.2, 0.25) is 0 Å². The molecule has 0 unspecified atom stereocenters. The van der Waals surface area contributed by atoms with Gasteiger partial charge in [0.15, 0.2) is 0 Å². The maximum absolute atomic E-state index is 6.15. The molecule has 0 amide bonds. The van der Waals surface area contributed by atoms with Gasteiger partial charge in [0, 0.05) is 23.7 Å². The molecule has 0 aromatic rings. The van der Waals surface area contributed by atoms with Crippen molar-refractivity contribution in [1.29, 1.82) is 0 Å². The van der Waals surface area contributed by atoms with E-state index in [4.69, 9.17) is 5.73 Å². The number of nitrogens with zero attached hydrogens (tertiary/aromatic N) is 1. The first kappa shape index (κ1) is 13.0. The number of nitrogens with two attached hydrogens (primary N) is 1. The Bertz CT molecular complexity index is 201. The lowest BCUT2D eigenvalue weighted by molar-refractivity contribution is -0.0423. The van der Waals surface area contributed by atoms with E-state index in [0.717, 1.165) is 18.8 Å². The van der Waals surface area contributed by atoms with E-state index < -0.39 is 0 Å². The highest BCUT2D eigenvalue weighted by atomic mass is 15.3. The Morgan fingerprint density at radius 2 is 1.53 bits per heavy atom. The van der Waals surface area contributed by atoms with E-state index in [9.17, 15) is 0 Å². The Balaban J connectivity index is 2.87. The topological polar surface area (TPSA) is 29.3 Å². The van der Waals surface area contributed by atoms with Crippen molar-refractivity contribution >= 4 is 0 Å². The molecule has 0 bridgehead atoms. The molecular weight excluding hydrogens is 184 g/mol. The molecule has 0 aliphatic carbocycles. The highest BCUT2D eigenvalue weighted by molar-refractivity contribution is 5.01. The minimum Gasteiger partial charge on any atom is -0.328 e. The first-order valence-corrected chi connectivity index (χ1v) is 6.18. The van der Waals surface area contributed by atoms with E-state index in [1.54, 1.807) is 0 Å². The lowest BCUT2D eigenvalue weighted by Crippen LogP contribution is -2.63. The monoisotopic (exact) mass is 212 g/mol. The summed E-state index contributed by atoms with van der Waals surface area (Å²) in [6.07, 6.45) is 2.23. The molecule has 0 aromatic heterocycles. The van der Waals surface area contributed by atoms with Crippen LogP contribution in [0, 0.1) is 5.92 Å². The number of piperidine rings is 1.